The number of rotatable bonds is 3. The largest absolute Gasteiger partial charge is 0.387 e. The molecule has 1 N–H and O–H groups in total. The maximum absolute atomic E-state index is 12.7. The molecular formula is C20H24N2O2S. The Morgan fingerprint density at radius 2 is 2.04 bits per heavy atom. The van der Waals surface area contributed by atoms with Crippen LogP contribution in [0.15, 0.2) is 35.7 Å². The van der Waals surface area contributed by atoms with Crippen molar-refractivity contribution in [3.05, 3.63) is 57.3 Å². The number of hydrogen-bond donors (Lipinski definition) is 1. The molecule has 0 bridgehead atoms. The zero-order valence-corrected chi connectivity index (χ0v) is 15.4. The Kier molecular flexibility index (Phi) is 4.40. The van der Waals surface area contributed by atoms with Crippen LogP contribution in [0.5, 0.6) is 0 Å². The summed E-state index contributed by atoms with van der Waals surface area (Å²) in [5.74, 6) is 0.0624. The topological polar surface area (TPSA) is 43.8 Å². The maximum Gasteiger partial charge on any atom is 0.264 e. The van der Waals surface area contributed by atoms with Gasteiger partial charge >= 0.3 is 0 Å². The third kappa shape index (κ3) is 3.36. The Bertz CT molecular complexity index is 788. The zero-order valence-electron chi connectivity index (χ0n) is 14.6. The number of aliphatic hydroxyl groups is 1. The molecule has 5 heteroatoms. The molecule has 1 fully saturated rings. The van der Waals surface area contributed by atoms with Crippen LogP contribution < -0.4 is 0 Å². The zero-order chi connectivity index (χ0) is 17.4. The van der Waals surface area contributed by atoms with E-state index in [0.717, 1.165) is 30.0 Å². The Morgan fingerprint density at radius 3 is 2.80 bits per heavy atom. The molecule has 4 nitrogen and oxygen atoms in total. The first kappa shape index (κ1) is 16.8. The second-order valence-corrected chi connectivity index (χ2v) is 8.28. The Balaban J connectivity index is 1.41. The highest BCUT2D eigenvalue weighted by Gasteiger charge is 2.40. The molecule has 1 saturated heterocycles. The first-order chi connectivity index (χ1) is 12.0. The predicted octanol–water partition coefficient (Wildman–Crippen LogP) is 2.69. The number of carbonyl (C=O) groups excluding carboxylic acids is 1. The van der Waals surface area contributed by atoms with Crippen molar-refractivity contribution in [2.24, 2.45) is 0 Å². The van der Waals surface area contributed by atoms with E-state index in [9.17, 15) is 9.90 Å². The molecule has 0 saturated carbocycles. The number of fused-ring (bicyclic) bond motifs is 1. The van der Waals surface area contributed by atoms with Gasteiger partial charge < -0.3 is 10.0 Å². The fourth-order valence-electron chi connectivity index (χ4n) is 4.00. The number of hydrogen-bond acceptors (Lipinski definition) is 4. The third-order valence-electron chi connectivity index (χ3n) is 5.40. The lowest BCUT2D eigenvalue weighted by atomic mass is 9.97. The van der Waals surface area contributed by atoms with Gasteiger partial charge in [-0.05, 0) is 47.9 Å². The van der Waals surface area contributed by atoms with Crippen molar-refractivity contribution in [2.45, 2.75) is 31.9 Å². The number of β-amino-alcohol motifs (C(OH)–C–C–N with tert-alkyl or cyclic N) is 1. The molecule has 1 aromatic heterocycles. The van der Waals surface area contributed by atoms with Gasteiger partial charge in [-0.2, -0.15) is 0 Å². The van der Waals surface area contributed by atoms with E-state index in [2.05, 4.69) is 29.2 Å². The lowest BCUT2D eigenvalue weighted by Crippen LogP contribution is -2.47. The summed E-state index contributed by atoms with van der Waals surface area (Å²) in [6.07, 6.45) is 1.69. The van der Waals surface area contributed by atoms with Crippen LogP contribution in [0, 0.1) is 6.92 Å². The first-order valence-corrected chi connectivity index (χ1v) is 9.77. The number of amides is 1. The van der Waals surface area contributed by atoms with Gasteiger partial charge in [-0.25, -0.2) is 0 Å². The normalized spacial score (nSPS) is 23.7. The van der Waals surface area contributed by atoms with E-state index in [-0.39, 0.29) is 5.91 Å². The van der Waals surface area contributed by atoms with E-state index in [4.69, 9.17) is 0 Å². The molecule has 2 aliphatic heterocycles. The molecule has 1 aromatic carbocycles. The van der Waals surface area contributed by atoms with Crippen molar-refractivity contribution >= 4 is 17.2 Å². The number of likely N-dealkylation sites (tertiary alicyclic amines) is 1. The highest BCUT2D eigenvalue weighted by Crippen LogP contribution is 2.28. The summed E-state index contributed by atoms with van der Waals surface area (Å²) < 4.78 is 0. The lowest BCUT2D eigenvalue weighted by Gasteiger charge is -2.34. The van der Waals surface area contributed by atoms with Gasteiger partial charge in [-0.3, -0.25) is 9.69 Å². The quantitative estimate of drug-likeness (QED) is 0.920. The lowest BCUT2D eigenvalue weighted by molar-refractivity contribution is 0.00809. The summed E-state index contributed by atoms with van der Waals surface area (Å²) in [6.45, 7) is 5.53. The SMILES string of the molecule is Cc1ccsc1C(=O)N1CCC(O)(CN2CCc3ccccc3C2)C1. The third-order valence-corrected chi connectivity index (χ3v) is 6.41. The molecule has 2 aromatic rings. The summed E-state index contributed by atoms with van der Waals surface area (Å²) in [5, 5.41) is 13.0. The van der Waals surface area contributed by atoms with E-state index >= 15 is 0 Å². The molecule has 3 heterocycles. The fraction of sp³-hybridized carbons (Fsp3) is 0.450. The minimum Gasteiger partial charge on any atom is -0.387 e. The Morgan fingerprint density at radius 1 is 1.24 bits per heavy atom. The van der Waals surface area contributed by atoms with Crippen LogP contribution in [0.4, 0.5) is 0 Å². The molecule has 0 radical (unpaired) electrons. The molecule has 1 unspecified atom stereocenters. The minimum atomic E-state index is -0.799. The number of carbonyl (C=O) groups is 1. The summed E-state index contributed by atoms with van der Waals surface area (Å²) in [5.41, 5.74) is 3.00. The highest BCUT2D eigenvalue weighted by molar-refractivity contribution is 7.12. The van der Waals surface area contributed by atoms with Crippen LogP contribution in [-0.2, 0) is 13.0 Å². The Hall–Kier alpha value is -1.69. The number of benzene rings is 1. The van der Waals surface area contributed by atoms with Gasteiger partial charge in [0.1, 0.15) is 0 Å². The standard InChI is InChI=1S/C20H24N2O2S/c1-15-7-11-25-18(15)19(23)22-10-8-20(24,14-22)13-21-9-6-16-4-2-3-5-17(16)12-21/h2-5,7,11,24H,6,8-10,12-14H2,1H3. The van der Waals surface area contributed by atoms with Gasteiger partial charge in [-0.1, -0.05) is 24.3 Å². The minimum absolute atomic E-state index is 0.0624. The predicted molar refractivity (Wildman–Crippen MR) is 99.9 cm³/mol. The Labute approximate surface area is 152 Å². The van der Waals surface area contributed by atoms with Gasteiger partial charge in [0.2, 0.25) is 0 Å². The molecule has 2 aliphatic rings. The van der Waals surface area contributed by atoms with E-state index in [1.807, 2.05) is 23.3 Å². The van der Waals surface area contributed by atoms with Crippen LogP contribution in [0.3, 0.4) is 0 Å². The van der Waals surface area contributed by atoms with Crippen LogP contribution in [0.25, 0.3) is 0 Å². The van der Waals surface area contributed by atoms with E-state index in [0.29, 0.717) is 26.1 Å². The van der Waals surface area contributed by atoms with Crippen molar-refractivity contribution in [1.82, 2.24) is 9.80 Å². The average Bonchev–Trinajstić information content (AvgIpc) is 3.20. The summed E-state index contributed by atoms with van der Waals surface area (Å²) in [4.78, 5) is 17.6. The smallest absolute Gasteiger partial charge is 0.264 e. The molecule has 1 amide bonds. The fourth-order valence-corrected chi connectivity index (χ4v) is 4.89. The van der Waals surface area contributed by atoms with Crippen molar-refractivity contribution in [3.63, 3.8) is 0 Å². The van der Waals surface area contributed by atoms with Gasteiger partial charge in [0.25, 0.3) is 5.91 Å². The molecule has 1 atom stereocenters. The first-order valence-electron chi connectivity index (χ1n) is 8.89. The van der Waals surface area contributed by atoms with E-state index < -0.39 is 5.60 Å². The van der Waals surface area contributed by atoms with Crippen LogP contribution >= 0.6 is 11.3 Å². The highest BCUT2D eigenvalue weighted by atomic mass is 32.1. The van der Waals surface area contributed by atoms with Crippen molar-refractivity contribution in [1.29, 1.82) is 0 Å². The molecule has 4 rings (SSSR count). The van der Waals surface area contributed by atoms with E-state index in [1.54, 1.807) is 0 Å². The second-order valence-electron chi connectivity index (χ2n) is 7.36. The molecule has 132 valence electrons. The van der Waals surface area contributed by atoms with E-state index in [1.165, 1.54) is 22.5 Å². The molecule has 0 spiro atoms. The van der Waals surface area contributed by atoms with Gasteiger partial charge in [0.05, 0.1) is 17.0 Å². The summed E-state index contributed by atoms with van der Waals surface area (Å²) in [7, 11) is 0. The monoisotopic (exact) mass is 356 g/mol. The van der Waals surface area contributed by atoms with Crippen LogP contribution in [0.1, 0.15) is 32.8 Å². The summed E-state index contributed by atoms with van der Waals surface area (Å²) in [6, 6.07) is 10.5. The van der Waals surface area contributed by atoms with Gasteiger partial charge in [0.15, 0.2) is 0 Å². The van der Waals surface area contributed by atoms with Crippen molar-refractivity contribution in [2.75, 3.05) is 26.2 Å². The van der Waals surface area contributed by atoms with Crippen LogP contribution in [0.2, 0.25) is 0 Å². The molecule has 0 aliphatic carbocycles. The second kappa shape index (κ2) is 6.56. The number of thiophene rings is 1. The average molecular weight is 356 g/mol. The summed E-state index contributed by atoms with van der Waals surface area (Å²) >= 11 is 1.49. The molecule has 25 heavy (non-hydrogen) atoms. The van der Waals surface area contributed by atoms with Crippen molar-refractivity contribution in [3.8, 4) is 0 Å². The number of aryl methyl sites for hydroxylation is 1. The van der Waals surface area contributed by atoms with Crippen LogP contribution in [-0.4, -0.2) is 52.6 Å². The maximum atomic E-state index is 12.7. The number of nitrogens with zero attached hydrogens (tertiary/aromatic N) is 2. The van der Waals surface area contributed by atoms with Gasteiger partial charge in [0, 0.05) is 26.2 Å². The molecular weight excluding hydrogens is 332 g/mol. The van der Waals surface area contributed by atoms with Gasteiger partial charge in [-0.15, -0.1) is 11.3 Å². The van der Waals surface area contributed by atoms with Crippen molar-refractivity contribution < 1.29 is 9.90 Å².